The molecule has 0 unspecified atom stereocenters. The first-order valence-electron chi connectivity index (χ1n) is 4.69. The zero-order valence-electron chi connectivity index (χ0n) is 8.49. The fraction of sp³-hybridized carbons (Fsp3) is 0.300. The highest BCUT2D eigenvalue weighted by atomic mass is 32.1. The van der Waals surface area contributed by atoms with E-state index in [1.165, 1.54) is 4.88 Å². The Kier molecular flexibility index (Phi) is 3.35. The lowest BCUT2D eigenvalue weighted by atomic mass is 10.4. The number of nitrogens with two attached hydrogens (primary N) is 1. The summed E-state index contributed by atoms with van der Waals surface area (Å²) in [7, 11) is 0. The van der Waals surface area contributed by atoms with Gasteiger partial charge in [-0.05, 0) is 18.4 Å². The van der Waals surface area contributed by atoms with Crippen LogP contribution in [-0.2, 0) is 13.1 Å². The standard InChI is InChI=1S/C10H13N3S2/c1-7-6-15-10(13-7)5-12-4-9-8(11)2-3-14-9/h2-3,6,12H,4-5,11H2,1H3. The molecule has 0 aliphatic heterocycles. The predicted octanol–water partition coefficient (Wildman–Crippen LogP) is 2.39. The topological polar surface area (TPSA) is 50.9 Å². The van der Waals surface area contributed by atoms with E-state index in [2.05, 4.69) is 15.7 Å². The molecule has 3 nitrogen and oxygen atoms in total. The molecule has 2 aromatic heterocycles. The minimum absolute atomic E-state index is 0.815. The van der Waals surface area contributed by atoms with Crippen LogP contribution in [0.4, 0.5) is 5.69 Å². The van der Waals surface area contributed by atoms with Gasteiger partial charge in [0.05, 0.1) is 0 Å². The normalized spacial score (nSPS) is 10.7. The molecular weight excluding hydrogens is 226 g/mol. The molecular formula is C10H13N3S2. The van der Waals surface area contributed by atoms with Crippen LogP contribution in [0.3, 0.4) is 0 Å². The molecule has 0 amide bonds. The lowest BCUT2D eigenvalue weighted by Crippen LogP contribution is -2.12. The van der Waals surface area contributed by atoms with Crippen molar-refractivity contribution in [3.63, 3.8) is 0 Å². The third-order valence-electron chi connectivity index (χ3n) is 2.01. The summed E-state index contributed by atoms with van der Waals surface area (Å²) in [6.07, 6.45) is 0. The van der Waals surface area contributed by atoms with Crippen molar-refractivity contribution in [2.45, 2.75) is 20.0 Å². The molecule has 0 saturated heterocycles. The van der Waals surface area contributed by atoms with Gasteiger partial charge in [0.15, 0.2) is 0 Å². The number of hydrogen-bond acceptors (Lipinski definition) is 5. The molecule has 15 heavy (non-hydrogen) atoms. The summed E-state index contributed by atoms with van der Waals surface area (Å²) < 4.78 is 0. The van der Waals surface area contributed by atoms with Crippen LogP contribution in [-0.4, -0.2) is 4.98 Å². The van der Waals surface area contributed by atoms with E-state index in [0.717, 1.165) is 29.5 Å². The van der Waals surface area contributed by atoms with Crippen molar-refractivity contribution < 1.29 is 0 Å². The van der Waals surface area contributed by atoms with Gasteiger partial charge in [0, 0.05) is 34.7 Å². The Labute approximate surface area is 97.0 Å². The number of nitrogens with one attached hydrogen (secondary N) is 1. The summed E-state index contributed by atoms with van der Waals surface area (Å²) in [5.41, 5.74) is 7.75. The highest BCUT2D eigenvalue weighted by Gasteiger charge is 2.01. The van der Waals surface area contributed by atoms with Crippen molar-refractivity contribution in [2.24, 2.45) is 0 Å². The van der Waals surface area contributed by atoms with Gasteiger partial charge in [-0.2, -0.15) is 0 Å². The molecule has 0 aliphatic carbocycles. The van der Waals surface area contributed by atoms with Crippen LogP contribution in [0.1, 0.15) is 15.6 Å². The van der Waals surface area contributed by atoms with E-state index >= 15 is 0 Å². The van der Waals surface area contributed by atoms with Crippen molar-refractivity contribution in [3.8, 4) is 0 Å². The maximum Gasteiger partial charge on any atom is 0.107 e. The van der Waals surface area contributed by atoms with Crippen molar-refractivity contribution in [3.05, 3.63) is 32.4 Å². The Hall–Kier alpha value is -0.910. The predicted molar refractivity (Wildman–Crippen MR) is 66.1 cm³/mol. The van der Waals surface area contributed by atoms with E-state index in [9.17, 15) is 0 Å². The van der Waals surface area contributed by atoms with E-state index in [-0.39, 0.29) is 0 Å². The lowest BCUT2D eigenvalue weighted by Gasteiger charge is -2.01. The molecule has 0 bridgehead atoms. The fourth-order valence-corrected chi connectivity index (χ4v) is 2.77. The number of nitrogen functional groups attached to an aromatic ring is 1. The minimum atomic E-state index is 0.815. The quantitative estimate of drug-likeness (QED) is 0.861. The second-order valence-electron chi connectivity index (χ2n) is 3.29. The second kappa shape index (κ2) is 4.74. The van der Waals surface area contributed by atoms with Gasteiger partial charge in [0.25, 0.3) is 0 Å². The van der Waals surface area contributed by atoms with Gasteiger partial charge in [-0.3, -0.25) is 0 Å². The van der Waals surface area contributed by atoms with Crippen LogP contribution in [0.15, 0.2) is 16.8 Å². The number of thiophene rings is 1. The number of hydrogen-bond donors (Lipinski definition) is 2. The SMILES string of the molecule is Cc1csc(CNCc2sccc2N)n1. The van der Waals surface area contributed by atoms with Crippen molar-refractivity contribution in [2.75, 3.05) is 5.73 Å². The highest BCUT2D eigenvalue weighted by molar-refractivity contribution is 7.10. The van der Waals surface area contributed by atoms with Gasteiger partial charge < -0.3 is 11.1 Å². The number of anilines is 1. The van der Waals surface area contributed by atoms with Crippen LogP contribution in [0.5, 0.6) is 0 Å². The number of thiazole rings is 1. The molecule has 80 valence electrons. The van der Waals surface area contributed by atoms with E-state index in [1.807, 2.05) is 18.4 Å². The molecule has 2 rings (SSSR count). The molecule has 0 radical (unpaired) electrons. The third-order valence-corrected chi connectivity index (χ3v) is 3.91. The van der Waals surface area contributed by atoms with E-state index < -0.39 is 0 Å². The van der Waals surface area contributed by atoms with E-state index in [1.54, 1.807) is 22.7 Å². The third kappa shape index (κ3) is 2.77. The number of aromatic nitrogens is 1. The molecule has 3 N–H and O–H groups in total. The first-order chi connectivity index (χ1) is 7.25. The molecule has 0 spiro atoms. The summed E-state index contributed by atoms with van der Waals surface area (Å²) in [6, 6.07) is 1.94. The zero-order valence-corrected chi connectivity index (χ0v) is 10.1. The lowest BCUT2D eigenvalue weighted by molar-refractivity contribution is 0.697. The number of rotatable bonds is 4. The monoisotopic (exact) mass is 239 g/mol. The smallest absolute Gasteiger partial charge is 0.107 e. The minimum Gasteiger partial charge on any atom is -0.398 e. The maximum absolute atomic E-state index is 5.78. The van der Waals surface area contributed by atoms with Crippen molar-refractivity contribution >= 4 is 28.4 Å². The first kappa shape index (κ1) is 10.6. The number of aryl methyl sites for hydroxylation is 1. The average Bonchev–Trinajstić information content (AvgIpc) is 2.77. The average molecular weight is 239 g/mol. The summed E-state index contributed by atoms with van der Waals surface area (Å²) in [5.74, 6) is 0. The summed E-state index contributed by atoms with van der Waals surface area (Å²) in [5, 5.41) is 8.54. The van der Waals surface area contributed by atoms with Crippen LogP contribution in [0.25, 0.3) is 0 Å². The van der Waals surface area contributed by atoms with Gasteiger partial charge in [0.1, 0.15) is 5.01 Å². The molecule has 5 heteroatoms. The van der Waals surface area contributed by atoms with Crippen molar-refractivity contribution in [1.29, 1.82) is 0 Å². The van der Waals surface area contributed by atoms with Crippen molar-refractivity contribution in [1.82, 2.24) is 10.3 Å². The van der Waals surface area contributed by atoms with Crippen LogP contribution < -0.4 is 11.1 Å². The summed E-state index contributed by atoms with van der Waals surface area (Å²) in [4.78, 5) is 5.58. The molecule has 2 aromatic rings. The molecule has 0 aromatic carbocycles. The fourth-order valence-electron chi connectivity index (χ4n) is 1.26. The Morgan fingerprint density at radius 3 is 2.87 bits per heavy atom. The zero-order chi connectivity index (χ0) is 10.7. The Bertz CT molecular complexity index is 433. The van der Waals surface area contributed by atoms with Gasteiger partial charge in [-0.25, -0.2) is 4.98 Å². The van der Waals surface area contributed by atoms with Gasteiger partial charge in [-0.1, -0.05) is 0 Å². The van der Waals surface area contributed by atoms with Gasteiger partial charge in [-0.15, -0.1) is 22.7 Å². The second-order valence-corrected chi connectivity index (χ2v) is 5.23. The van der Waals surface area contributed by atoms with Crippen LogP contribution >= 0.6 is 22.7 Å². The van der Waals surface area contributed by atoms with E-state index in [0.29, 0.717) is 0 Å². The molecule has 0 fully saturated rings. The summed E-state index contributed by atoms with van der Waals surface area (Å²) in [6.45, 7) is 3.65. The van der Waals surface area contributed by atoms with Gasteiger partial charge >= 0.3 is 0 Å². The maximum atomic E-state index is 5.78. The Balaban J connectivity index is 1.83. The molecule has 0 saturated carbocycles. The summed E-state index contributed by atoms with van der Waals surface area (Å²) >= 11 is 3.37. The first-order valence-corrected chi connectivity index (χ1v) is 6.45. The molecule has 2 heterocycles. The van der Waals surface area contributed by atoms with Crippen LogP contribution in [0, 0.1) is 6.92 Å². The number of nitrogens with zero attached hydrogens (tertiary/aromatic N) is 1. The van der Waals surface area contributed by atoms with Gasteiger partial charge in [0.2, 0.25) is 0 Å². The van der Waals surface area contributed by atoms with Crippen LogP contribution in [0.2, 0.25) is 0 Å². The molecule has 0 atom stereocenters. The largest absolute Gasteiger partial charge is 0.398 e. The highest BCUT2D eigenvalue weighted by Crippen LogP contribution is 2.18. The van der Waals surface area contributed by atoms with E-state index in [4.69, 9.17) is 5.73 Å². The Morgan fingerprint density at radius 2 is 2.27 bits per heavy atom. The molecule has 0 aliphatic rings. The Morgan fingerprint density at radius 1 is 1.40 bits per heavy atom.